The van der Waals surface area contributed by atoms with E-state index < -0.39 is 34.6 Å². The van der Waals surface area contributed by atoms with Gasteiger partial charge in [0.2, 0.25) is 0 Å². The van der Waals surface area contributed by atoms with Gasteiger partial charge in [-0.2, -0.15) is 18.4 Å². The molecule has 1 fully saturated rings. The lowest BCUT2D eigenvalue weighted by Crippen LogP contribution is -2.55. The van der Waals surface area contributed by atoms with Crippen LogP contribution in [0.15, 0.2) is 36.4 Å². The van der Waals surface area contributed by atoms with E-state index in [4.69, 9.17) is 17.5 Å². The zero-order chi connectivity index (χ0) is 26.0. The van der Waals surface area contributed by atoms with Gasteiger partial charge in [0.05, 0.1) is 17.2 Å². The highest BCUT2D eigenvalue weighted by Crippen LogP contribution is 2.34. The molecule has 0 saturated carbocycles. The van der Waals surface area contributed by atoms with Gasteiger partial charge in [0.15, 0.2) is 5.11 Å². The second-order valence-electron chi connectivity index (χ2n) is 8.76. The van der Waals surface area contributed by atoms with Crippen molar-refractivity contribution in [1.29, 1.82) is 5.26 Å². The fourth-order valence-electron chi connectivity index (χ4n) is 3.91. The van der Waals surface area contributed by atoms with Crippen LogP contribution >= 0.6 is 12.2 Å². The van der Waals surface area contributed by atoms with Gasteiger partial charge in [-0.3, -0.25) is 4.90 Å². The van der Waals surface area contributed by atoms with Crippen LogP contribution in [0.4, 0.5) is 28.9 Å². The Morgan fingerprint density at radius 3 is 2.40 bits per heavy atom. The Hall–Kier alpha value is -3.23. The average Bonchev–Trinajstić information content (AvgIpc) is 3.28. The molecule has 35 heavy (non-hydrogen) atoms. The number of alkyl halides is 3. The molecule has 0 bridgehead atoms. The first kappa shape index (κ1) is 26.4. The van der Waals surface area contributed by atoms with Crippen molar-refractivity contribution in [3.05, 3.63) is 58.9 Å². The molecule has 0 unspecified atom stereocenters. The van der Waals surface area contributed by atoms with Gasteiger partial charge in [0, 0.05) is 23.5 Å². The lowest BCUT2D eigenvalue weighted by Gasteiger charge is -2.37. The number of benzene rings is 2. The number of carboxylic acids is 1. The first-order chi connectivity index (χ1) is 16.3. The molecular formula is C24H24F4N4O2S. The predicted octanol–water partition coefficient (Wildman–Crippen LogP) is 5.38. The number of nitrogens with zero attached hydrogens (tertiary/aromatic N) is 3. The van der Waals surface area contributed by atoms with E-state index in [2.05, 4.69) is 10.2 Å². The van der Waals surface area contributed by atoms with E-state index in [-0.39, 0.29) is 16.5 Å². The summed E-state index contributed by atoms with van der Waals surface area (Å²) in [6.45, 7) is 4.86. The highest BCUT2D eigenvalue weighted by atomic mass is 32.1. The third-order valence-corrected chi connectivity index (χ3v) is 6.15. The molecule has 0 aromatic heterocycles. The zero-order valence-corrected chi connectivity index (χ0v) is 19.9. The number of nitrogens with one attached hydrogen (secondary N) is 1. The summed E-state index contributed by atoms with van der Waals surface area (Å²) in [5, 5.41) is 21.2. The topological polar surface area (TPSA) is 79.6 Å². The number of anilines is 2. The van der Waals surface area contributed by atoms with Crippen LogP contribution in [-0.2, 0) is 17.5 Å². The average molecular weight is 509 g/mol. The van der Waals surface area contributed by atoms with Gasteiger partial charge >= 0.3 is 12.1 Å². The molecule has 0 amide bonds. The van der Waals surface area contributed by atoms with E-state index in [1.807, 2.05) is 0 Å². The number of carboxylic acid groups (broad SMARTS) is 1. The van der Waals surface area contributed by atoms with E-state index in [0.29, 0.717) is 12.1 Å². The Morgan fingerprint density at radius 2 is 1.86 bits per heavy atom. The van der Waals surface area contributed by atoms with E-state index in [0.717, 1.165) is 43.0 Å². The number of rotatable bonds is 6. The third kappa shape index (κ3) is 5.89. The molecule has 1 aliphatic heterocycles. The quantitative estimate of drug-likeness (QED) is 0.401. The van der Waals surface area contributed by atoms with Gasteiger partial charge in [-0.05, 0) is 82.3 Å². The number of likely N-dealkylation sites (tertiary alicyclic amines) is 1. The summed E-state index contributed by atoms with van der Waals surface area (Å²) < 4.78 is 55.1. The number of hydrogen-bond donors (Lipinski definition) is 2. The Labute approximate surface area is 205 Å². The van der Waals surface area contributed by atoms with E-state index in [1.54, 1.807) is 6.07 Å². The largest absolute Gasteiger partial charge is 0.480 e. The molecule has 1 aliphatic rings. The standard InChI is InChI=1S/C24H24F4N4O2S/c1-23(2,21(33)34)32(18-8-6-16(20(25)12-18)14-31-9-3-4-10-31)22(35)30-17-7-5-15(13-29)19(11-17)24(26,27)28/h5-8,11-12H,3-4,9-10,14H2,1-2H3,(H,30,35)(H,33,34). The van der Waals surface area contributed by atoms with Crippen LogP contribution in [0, 0.1) is 17.1 Å². The maximum absolute atomic E-state index is 15.0. The first-order valence-electron chi connectivity index (χ1n) is 10.8. The molecule has 0 spiro atoms. The molecule has 2 N–H and O–H groups in total. The van der Waals surface area contributed by atoms with E-state index in [1.165, 1.54) is 38.1 Å². The normalized spacial score (nSPS) is 14.4. The van der Waals surface area contributed by atoms with Crippen molar-refractivity contribution in [2.45, 2.75) is 44.9 Å². The molecule has 2 aromatic carbocycles. The molecule has 2 aromatic rings. The number of hydrogen-bond acceptors (Lipinski definition) is 4. The van der Waals surface area contributed by atoms with Crippen LogP contribution in [0.25, 0.3) is 0 Å². The molecule has 1 saturated heterocycles. The van der Waals surface area contributed by atoms with Crippen molar-refractivity contribution in [2.75, 3.05) is 23.3 Å². The highest BCUT2D eigenvalue weighted by Gasteiger charge is 2.38. The highest BCUT2D eigenvalue weighted by molar-refractivity contribution is 7.80. The molecule has 6 nitrogen and oxygen atoms in total. The summed E-state index contributed by atoms with van der Waals surface area (Å²) in [5.74, 6) is -1.82. The number of halogens is 4. The van der Waals surface area contributed by atoms with Crippen molar-refractivity contribution in [3.8, 4) is 6.07 Å². The van der Waals surface area contributed by atoms with Gasteiger partial charge in [-0.15, -0.1) is 0 Å². The summed E-state index contributed by atoms with van der Waals surface area (Å²) >= 11 is 5.37. The van der Waals surface area contributed by atoms with Crippen LogP contribution in [0.1, 0.15) is 43.4 Å². The SMILES string of the molecule is CC(C)(C(=O)O)N(C(=S)Nc1ccc(C#N)c(C(F)(F)F)c1)c1ccc(CN2CCCC2)c(F)c1. The lowest BCUT2D eigenvalue weighted by molar-refractivity contribution is -0.141. The fraction of sp³-hybridized carbons (Fsp3) is 0.375. The number of carbonyl (C=O) groups is 1. The van der Waals surface area contributed by atoms with E-state index >= 15 is 0 Å². The summed E-state index contributed by atoms with van der Waals surface area (Å²) in [7, 11) is 0. The summed E-state index contributed by atoms with van der Waals surface area (Å²) in [6, 6.07) is 8.69. The Morgan fingerprint density at radius 1 is 1.20 bits per heavy atom. The Balaban J connectivity index is 1.95. The molecular weight excluding hydrogens is 484 g/mol. The molecule has 0 atom stereocenters. The maximum Gasteiger partial charge on any atom is 0.417 e. The van der Waals surface area contributed by atoms with Gasteiger partial charge in [-0.25, -0.2) is 9.18 Å². The number of thiocarbonyl (C=S) groups is 1. The van der Waals surface area contributed by atoms with Crippen LogP contribution in [-0.4, -0.2) is 39.7 Å². The zero-order valence-electron chi connectivity index (χ0n) is 19.1. The summed E-state index contributed by atoms with van der Waals surface area (Å²) in [6.07, 6.45) is -2.68. The van der Waals surface area contributed by atoms with Crippen molar-refractivity contribution in [2.24, 2.45) is 0 Å². The minimum Gasteiger partial charge on any atom is -0.480 e. The van der Waals surface area contributed by atoms with Gasteiger partial charge < -0.3 is 15.3 Å². The molecule has 11 heteroatoms. The van der Waals surface area contributed by atoms with Crippen molar-refractivity contribution in [1.82, 2.24) is 4.90 Å². The van der Waals surface area contributed by atoms with Crippen LogP contribution in [0.2, 0.25) is 0 Å². The smallest absolute Gasteiger partial charge is 0.417 e. The van der Waals surface area contributed by atoms with Crippen LogP contribution in [0.3, 0.4) is 0 Å². The first-order valence-corrected chi connectivity index (χ1v) is 11.2. The predicted molar refractivity (Wildman–Crippen MR) is 127 cm³/mol. The lowest BCUT2D eigenvalue weighted by atomic mass is 10.0. The molecule has 186 valence electrons. The van der Waals surface area contributed by atoms with Crippen molar-refractivity contribution < 1.29 is 27.5 Å². The minimum absolute atomic E-state index is 0.0985. The van der Waals surface area contributed by atoms with Crippen LogP contribution < -0.4 is 10.2 Å². The molecule has 3 rings (SSSR count). The second-order valence-corrected chi connectivity index (χ2v) is 9.15. The fourth-order valence-corrected chi connectivity index (χ4v) is 4.36. The van der Waals surface area contributed by atoms with E-state index in [9.17, 15) is 27.5 Å². The molecule has 0 radical (unpaired) electrons. The summed E-state index contributed by atoms with van der Waals surface area (Å²) in [4.78, 5) is 15.3. The second kappa shape index (κ2) is 10.2. The number of nitriles is 1. The molecule has 1 heterocycles. The minimum atomic E-state index is -4.78. The van der Waals surface area contributed by atoms with Gasteiger partial charge in [-0.1, -0.05) is 6.07 Å². The molecule has 0 aliphatic carbocycles. The Bertz CT molecular complexity index is 1170. The monoisotopic (exact) mass is 508 g/mol. The number of aliphatic carboxylic acids is 1. The summed E-state index contributed by atoms with van der Waals surface area (Å²) in [5.41, 5.74) is -2.92. The van der Waals surface area contributed by atoms with Crippen molar-refractivity contribution in [3.63, 3.8) is 0 Å². The van der Waals surface area contributed by atoms with Gasteiger partial charge in [0.1, 0.15) is 11.4 Å². The maximum atomic E-state index is 15.0. The van der Waals surface area contributed by atoms with Crippen molar-refractivity contribution >= 4 is 34.7 Å². The van der Waals surface area contributed by atoms with Crippen LogP contribution in [0.5, 0.6) is 0 Å². The van der Waals surface area contributed by atoms with Gasteiger partial charge in [0.25, 0.3) is 0 Å². The third-order valence-electron chi connectivity index (χ3n) is 5.87. The Kier molecular flexibility index (Phi) is 7.67.